The first-order valence-corrected chi connectivity index (χ1v) is 4.69. The zero-order chi connectivity index (χ0) is 8.77. The molecule has 0 amide bonds. The molecule has 64 valence electrons. The van der Waals surface area contributed by atoms with Crippen molar-refractivity contribution in [3.63, 3.8) is 0 Å². The number of hydrogen-bond acceptors (Lipinski definition) is 0. The van der Waals surface area contributed by atoms with Crippen molar-refractivity contribution >= 4 is 0 Å². The lowest BCUT2D eigenvalue weighted by Crippen LogP contribution is -1.89. The number of rotatable bonds is 1. The number of benzene rings is 1. The Morgan fingerprint density at radius 2 is 1.58 bits per heavy atom. The fraction of sp³-hybridized carbons (Fsp3) is 0.500. The minimum atomic E-state index is 0.529. The summed E-state index contributed by atoms with van der Waals surface area (Å²) in [6, 6.07) is 10.8. The van der Waals surface area contributed by atoms with Crippen molar-refractivity contribution in [1.82, 2.24) is 0 Å². The Labute approximate surface area is 74.6 Å². The van der Waals surface area contributed by atoms with Crippen LogP contribution >= 0.6 is 0 Å². The highest BCUT2D eigenvalue weighted by Gasteiger charge is 2.54. The highest BCUT2D eigenvalue weighted by Crippen LogP contribution is 2.63. The Morgan fingerprint density at radius 1 is 1.08 bits per heavy atom. The van der Waals surface area contributed by atoms with Crippen molar-refractivity contribution < 1.29 is 0 Å². The summed E-state index contributed by atoms with van der Waals surface area (Å²) in [5.74, 6) is 1.64. The van der Waals surface area contributed by atoms with Crippen LogP contribution in [0.3, 0.4) is 0 Å². The fourth-order valence-corrected chi connectivity index (χ4v) is 2.27. The topological polar surface area (TPSA) is 0 Å². The molecule has 0 radical (unpaired) electrons. The third-order valence-electron chi connectivity index (χ3n) is 3.52. The van der Waals surface area contributed by atoms with Gasteiger partial charge in [0, 0.05) is 0 Å². The van der Waals surface area contributed by atoms with Crippen molar-refractivity contribution in [3.8, 4) is 0 Å². The van der Waals surface area contributed by atoms with Gasteiger partial charge in [-0.25, -0.2) is 0 Å². The Bertz CT molecular complexity index is 271. The Hall–Kier alpha value is -0.780. The quantitative estimate of drug-likeness (QED) is 0.590. The molecule has 0 N–H and O–H groups in total. The molecule has 2 rings (SSSR count). The van der Waals surface area contributed by atoms with Crippen molar-refractivity contribution in [1.29, 1.82) is 0 Å². The normalized spacial score (nSPS) is 31.6. The summed E-state index contributed by atoms with van der Waals surface area (Å²) in [5, 5.41) is 0. The monoisotopic (exact) mass is 160 g/mol. The van der Waals surface area contributed by atoms with Crippen LogP contribution in [0.15, 0.2) is 30.3 Å². The van der Waals surface area contributed by atoms with Crippen LogP contribution in [0.5, 0.6) is 0 Å². The van der Waals surface area contributed by atoms with Crippen LogP contribution in [-0.4, -0.2) is 0 Å². The predicted octanol–water partition coefficient (Wildman–Crippen LogP) is 3.45. The molecule has 2 atom stereocenters. The lowest BCUT2D eigenvalue weighted by molar-refractivity contribution is 0.575. The zero-order valence-electron chi connectivity index (χ0n) is 8.04. The molecule has 0 unspecified atom stereocenters. The Morgan fingerprint density at radius 3 is 2.00 bits per heavy atom. The molecular formula is C12H16. The van der Waals surface area contributed by atoms with E-state index in [0.717, 1.165) is 11.8 Å². The van der Waals surface area contributed by atoms with Gasteiger partial charge in [0.1, 0.15) is 0 Å². The Kier molecular flexibility index (Phi) is 1.54. The molecular weight excluding hydrogens is 144 g/mol. The summed E-state index contributed by atoms with van der Waals surface area (Å²) in [5.41, 5.74) is 2.04. The van der Waals surface area contributed by atoms with Gasteiger partial charge in [-0.1, -0.05) is 51.1 Å². The van der Waals surface area contributed by atoms with E-state index in [4.69, 9.17) is 0 Å². The van der Waals surface area contributed by atoms with Crippen LogP contribution in [0.4, 0.5) is 0 Å². The number of hydrogen-bond donors (Lipinski definition) is 0. The maximum absolute atomic E-state index is 2.36. The molecule has 0 spiro atoms. The maximum atomic E-state index is 2.36. The molecule has 12 heavy (non-hydrogen) atoms. The lowest BCUT2D eigenvalue weighted by atomic mass is 10.0. The molecule has 1 fully saturated rings. The standard InChI is InChI=1S/C12H16/c1-9-11(12(9,2)3)10-7-5-4-6-8-10/h4-9,11H,1-3H3/t9-,11-/m0/s1. The molecule has 0 heterocycles. The predicted molar refractivity (Wildman–Crippen MR) is 52.1 cm³/mol. The minimum Gasteiger partial charge on any atom is -0.0622 e. The maximum Gasteiger partial charge on any atom is -0.00768 e. The molecule has 1 aliphatic carbocycles. The van der Waals surface area contributed by atoms with Crippen LogP contribution in [-0.2, 0) is 0 Å². The second kappa shape index (κ2) is 2.35. The molecule has 1 aromatic carbocycles. The lowest BCUT2D eigenvalue weighted by Gasteiger charge is -2.01. The van der Waals surface area contributed by atoms with Crippen molar-refractivity contribution in [3.05, 3.63) is 35.9 Å². The van der Waals surface area contributed by atoms with E-state index >= 15 is 0 Å². The van der Waals surface area contributed by atoms with Crippen molar-refractivity contribution in [2.24, 2.45) is 11.3 Å². The van der Waals surface area contributed by atoms with E-state index in [1.54, 1.807) is 0 Å². The van der Waals surface area contributed by atoms with Gasteiger partial charge in [-0.15, -0.1) is 0 Å². The van der Waals surface area contributed by atoms with Crippen LogP contribution in [0, 0.1) is 11.3 Å². The second-order valence-corrected chi connectivity index (χ2v) is 4.50. The minimum absolute atomic E-state index is 0.529. The zero-order valence-corrected chi connectivity index (χ0v) is 8.04. The van der Waals surface area contributed by atoms with Gasteiger partial charge in [-0.05, 0) is 22.8 Å². The van der Waals surface area contributed by atoms with E-state index < -0.39 is 0 Å². The molecule has 1 aliphatic rings. The SMILES string of the molecule is C[C@H]1[C@@H](c2ccccc2)C1(C)C. The molecule has 0 saturated heterocycles. The van der Waals surface area contributed by atoms with Gasteiger partial charge in [-0.2, -0.15) is 0 Å². The molecule has 0 aromatic heterocycles. The van der Waals surface area contributed by atoms with Gasteiger partial charge >= 0.3 is 0 Å². The summed E-state index contributed by atoms with van der Waals surface area (Å²) < 4.78 is 0. The first-order chi connectivity index (χ1) is 5.64. The molecule has 0 bridgehead atoms. The summed E-state index contributed by atoms with van der Waals surface area (Å²) in [6.45, 7) is 7.06. The van der Waals surface area contributed by atoms with Gasteiger partial charge in [0.25, 0.3) is 0 Å². The van der Waals surface area contributed by atoms with Crippen molar-refractivity contribution in [2.45, 2.75) is 26.7 Å². The van der Waals surface area contributed by atoms with Crippen LogP contribution in [0.2, 0.25) is 0 Å². The van der Waals surface area contributed by atoms with Crippen LogP contribution < -0.4 is 0 Å². The largest absolute Gasteiger partial charge is 0.0622 e. The first kappa shape index (κ1) is 7.85. The van der Waals surface area contributed by atoms with E-state index in [1.165, 1.54) is 5.56 Å². The van der Waals surface area contributed by atoms with Gasteiger partial charge in [0.15, 0.2) is 0 Å². The van der Waals surface area contributed by atoms with Crippen LogP contribution in [0.1, 0.15) is 32.3 Å². The second-order valence-electron chi connectivity index (χ2n) is 4.50. The van der Waals surface area contributed by atoms with E-state index in [-0.39, 0.29) is 0 Å². The molecule has 0 heteroatoms. The fourth-order valence-electron chi connectivity index (χ4n) is 2.27. The summed E-state index contributed by atoms with van der Waals surface area (Å²) in [4.78, 5) is 0. The van der Waals surface area contributed by atoms with Gasteiger partial charge in [0.05, 0.1) is 0 Å². The van der Waals surface area contributed by atoms with Crippen LogP contribution in [0.25, 0.3) is 0 Å². The van der Waals surface area contributed by atoms with E-state index in [1.807, 2.05) is 0 Å². The average Bonchev–Trinajstić information content (AvgIpc) is 2.53. The van der Waals surface area contributed by atoms with Gasteiger partial charge in [-0.3, -0.25) is 0 Å². The van der Waals surface area contributed by atoms with E-state index in [0.29, 0.717) is 5.41 Å². The first-order valence-electron chi connectivity index (χ1n) is 4.69. The molecule has 1 aromatic rings. The highest BCUT2D eigenvalue weighted by atomic mass is 14.6. The summed E-state index contributed by atoms with van der Waals surface area (Å²) >= 11 is 0. The van der Waals surface area contributed by atoms with E-state index in [2.05, 4.69) is 51.1 Å². The van der Waals surface area contributed by atoms with Crippen molar-refractivity contribution in [2.75, 3.05) is 0 Å². The summed E-state index contributed by atoms with van der Waals surface area (Å²) in [6.07, 6.45) is 0. The third kappa shape index (κ3) is 0.979. The summed E-state index contributed by atoms with van der Waals surface area (Å²) in [7, 11) is 0. The molecule has 1 saturated carbocycles. The molecule has 0 nitrogen and oxygen atoms in total. The molecule has 0 aliphatic heterocycles. The van der Waals surface area contributed by atoms with E-state index in [9.17, 15) is 0 Å². The average molecular weight is 160 g/mol. The highest BCUT2D eigenvalue weighted by molar-refractivity contribution is 5.30. The third-order valence-corrected chi connectivity index (χ3v) is 3.52. The smallest absolute Gasteiger partial charge is 0.00768 e. The van der Waals surface area contributed by atoms with Gasteiger partial charge < -0.3 is 0 Å². The van der Waals surface area contributed by atoms with Gasteiger partial charge in [0.2, 0.25) is 0 Å². The Balaban J connectivity index is 2.25.